The molecule has 6 nitrogen and oxygen atoms in total. The zero-order chi connectivity index (χ0) is 18.0. The van der Waals surface area contributed by atoms with Crippen LogP contribution in [0, 0.1) is 0 Å². The molecular formula is C17H18Cl2N2O4. The molecule has 1 heterocycles. The number of amides is 3. The Balaban J connectivity index is 1.50. The number of rotatable bonds is 5. The number of nitrogens with zero attached hydrogens (tertiary/aromatic N) is 1. The van der Waals surface area contributed by atoms with E-state index in [1.165, 1.54) is 0 Å². The van der Waals surface area contributed by atoms with Crippen molar-refractivity contribution in [3.63, 3.8) is 0 Å². The van der Waals surface area contributed by atoms with Crippen molar-refractivity contribution in [1.82, 2.24) is 10.2 Å². The Labute approximate surface area is 155 Å². The number of esters is 1. The number of ether oxygens (including phenoxy) is 1. The molecule has 0 atom stereocenters. The zero-order valence-electron chi connectivity index (χ0n) is 13.5. The van der Waals surface area contributed by atoms with Crippen LogP contribution in [0.5, 0.6) is 0 Å². The molecule has 8 heteroatoms. The zero-order valence-corrected chi connectivity index (χ0v) is 15.0. The van der Waals surface area contributed by atoms with Crippen molar-refractivity contribution in [2.75, 3.05) is 6.54 Å². The van der Waals surface area contributed by atoms with E-state index in [1.807, 2.05) is 0 Å². The summed E-state index contributed by atoms with van der Waals surface area (Å²) in [6.07, 6.45) is 3.11. The molecule has 25 heavy (non-hydrogen) atoms. The average molecular weight is 385 g/mol. The lowest BCUT2D eigenvalue weighted by Crippen LogP contribution is -2.44. The molecule has 1 aromatic rings. The highest BCUT2D eigenvalue weighted by atomic mass is 35.5. The Morgan fingerprint density at radius 3 is 2.64 bits per heavy atom. The number of nitrogens with one attached hydrogen (secondary N) is 1. The van der Waals surface area contributed by atoms with Crippen molar-refractivity contribution in [3.05, 3.63) is 33.8 Å². The molecule has 1 aromatic carbocycles. The third-order valence-electron chi connectivity index (χ3n) is 4.65. The highest BCUT2D eigenvalue weighted by molar-refractivity contribution is 6.35. The molecule has 2 fully saturated rings. The Hall–Kier alpha value is -1.79. The first kappa shape index (κ1) is 18.0. The fourth-order valence-corrected chi connectivity index (χ4v) is 3.73. The van der Waals surface area contributed by atoms with Crippen LogP contribution in [0.25, 0.3) is 0 Å². The predicted octanol–water partition coefficient (Wildman–Crippen LogP) is 3.29. The van der Waals surface area contributed by atoms with Crippen LogP contribution in [0.15, 0.2) is 18.2 Å². The minimum Gasteiger partial charge on any atom is -0.461 e. The van der Waals surface area contributed by atoms with Gasteiger partial charge in [-0.3, -0.25) is 14.5 Å². The first-order valence-electron chi connectivity index (χ1n) is 8.15. The average Bonchev–Trinajstić information content (AvgIpc) is 3.11. The van der Waals surface area contributed by atoms with Gasteiger partial charge in [0.1, 0.15) is 12.1 Å². The van der Waals surface area contributed by atoms with Gasteiger partial charge in [0.05, 0.1) is 6.42 Å². The molecule has 1 N–H and O–H groups in total. The maximum Gasteiger partial charge on any atom is 0.325 e. The molecule has 2 aliphatic rings. The molecule has 134 valence electrons. The minimum absolute atomic E-state index is 0.0128. The van der Waals surface area contributed by atoms with Gasteiger partial charge in [-0.2, -0.15) is 0 Å². The van der Waals surface area contributed by atoms with E-state index in [0.717, 1.165) is 17.7 Å². The Kier molecular flexibility index (Phi) is 5.20. The van der Waals surface area contributed by atoms with E-state index in [-0.39, 0.29) is 25.5 Å². The van der Waals surface area contributed by atoms with Crippen molar-refractivity contribution in [2.45, 2.75) is 44.2 Å². The number of hydrogen-bond donors (Lipinski definition) is 1. The molecule has 0 radical (unpaired) electrons. The first-order valence-corrected chi connectivity index (χ1v) is 8.90. The van der Waals surface area contributed by atoms with E-state index in [1.54, 1.807) is 18.2 Å². The van der Waals surface area contributed by atoms with E-state index in [0.29, 0.717) is 28.5 Å². The molecule has 0 aromatic heterocycles. The lowest BCUT2D eigenvalue weighted by molar-refractivity contribution is -0.145. The molecule has 1 saturated heterocycles. The fourth-order valence-electron chi connectivity index (χ4n) is 3.27. The largest absolute Gasteiger partial charge is 0.461 e. The Bertz CT molecular complexity index is 717. The summed E-state index contributed by atoms with van der Waals surface area (Å²) in [5, 5.41) is 3.69. The topological polar surface area (TPSA) is 75.7 Å². The second kappa shape index (κ2) is 7.22. The molecule has 0 unspecified atom stereocenters. The van der Waals surface area contributed by atoms with Gasteiger partial charge in [0.25, 0.3) is 5.91 Å². The van der Waals surface area contributed by atoms with Crippen LogP contribution in [0.4, 0.5) is 4.79 Å². The van der Waals surface area contributed by atoms with E-state index in [2.05, 4.69) is 5.32 Å². The molecule has 0 bridgehead atoms. The SMILES string of the molecule is O=C(CCN1C(=O)NC2(CCCC2)C1=O)OCc1ccc(Cl)cc1Cl. The summed E-state index contributed by atoms with van der Waals surface area (Å²) in [5.41, 5.74) is -0.114. The van der Waals surface area contributed by atoms with Gasteiger partial charge in [-0.05, 0) is 25.0 Å². The van der Waals surface area contributed by atoms with Crippen LogP contribution in [0.1, 0.15) is 37.7 Å². The van der Waals surface area contributed by atoms with E-state index in [4.69, 9.17) is 27.9 Å². The maximum atomic E-state index is 12.5. The summed E-state index contributed by atoms with van der Waals surface area (Å²) in [7, 11) is 0. The van der Waals surface area contributed by atoms with E-state index in [9.17, 15) is 14.4 Å². The van der Waals surface area contributed by atoms with Crippen LogP contribution in [-0.4, -0.2) is 34.9 Å². The van der Waals surface area contributed by atoms with Crippen molar-refractivity contribution in [3.8, 4) is 0 Å². The van der Waals surface area contributed by atoms with Gasteiger partial charge in [0.2, 0.25) is 0 Å². The number of benzene rings is 1. The third-order valence-corrected chi connectivity index (χ3v) is 5.23. The Morgan fingerprint density at radius 2 is 1.96 bits per heavy atom. The smallest absolute Gasteiger partial charge is 0.325 e. The van der Waals surface area contributed by atoms with Crippen LogP contribution in [0.3, 0.4) is 0 Å². The van der Waals surface area contributed by atoms with Crippen molar-refractivity contribution >= 4 is 41.1 Å². The highest BCUT2D eigenvalue weighted by Gasteiger charge is 2.52. The van der Waals surface area contributed by atoms with Crippen molar-refractivity contribution in [1.29, 1.82) is 0 Å². The summed E-state index contributed by atoms with van der Waals surface area (Å²) in [6, 6.07) is 4.48. The molecule has 1 spiro atoms. The van der Waals surface area contributed by atoms with Gasteiger partial charge in [-0.25, -0.2) is 4.79 Å². The molecule has 1 saturated carbocycles. The van der Waals surface area contributed by atoms with Crippen molar-refractivity contribution in [2.24, 2.45) is 0 Å². The summed E-state index contributed by atoms with van der Waals surface area (Å²) in [5.74, 6) is -0.734. The lowest BCUT2D eigenvalue weighted by Gasteiger charge is -2.19. The normalized spacial score (nSPS) is 18.7. The summed E-state index contributed by atoms with van der Waals surface area (Å²) < 4.78 is 5.16. The third kappa shape index (κ3) is 3.75. The monoisotopic (exact) mass is 384 g/mol. The van der Waals surface area contributed by atoms with Gasteiger partial charge < -0.3 is 10.1 Å². The molecular weight excluding hydrogens is 367 g/mol. The number of hydrogen-bond acceptors (Lipinski definition) is 4. The standard InChI is InChI=1S/C17H18Cl2N2O4/c18-12-4-3-11(13(19)9-12)10-25-14(22)5-8-21-15(23)17(20-16(21)24)6-1-2-7-17/h3-4,9H,1-2,5-8,10H2,(H,20,24). The van der Waals surface area contributed by atoms with Gasteiger partial charge in [-0.15, -0.1) is 0 Å². The van der Waals surface area contributed by atoms with Crippen LogP contribution < -0.4 is 5.32 Å². The van der Waals surface area contributed by atoms with Crippen molar-refractivity contribution < 1.29 is 19.1 Å². The number of carbonyl (C=O) groups is 3. The quantitative estimate of drug-likeness (QED) is 0.624. The lowest BCUT2D eigenvalue weighted by atomic mass is 9.98. The fraction of sp³-hybridized carbons (Fsp3) is 0.471. The van der Waals surface area contributed by atoms with Crippen LogP contribution >= 0.6 is 23.2 Å². The summed E-state index contributed by atoms with van der Waals surface area (Å²) in [6.45, 7) is 0.0263. The second-order valence-corrected chi connectivity index (χ2v) is 7.17. The number of carbonyl (C=O) groups excluding carboxylic acids is 3. The van der Waals surface area contributed by atoms with E-state index < -0.39 is 17.5 Å². The van der Waals surface area contributed by atoms with Crippen LogP contribution in [0.2, 0.25) is 10.0 Å². The van der Waals surface area contributed by atoms with Gasteiger partial charge >= 0.3 is 12.0 Å². The number of imide groups is 1. The summed E-state index contributed by atoms with van der Waals surface area (Å²) in [4.78, 5) is 37.5. The van der Waals surface area contributed by atoms with Gasteiger partial charge in [-0.1, -0.05) is 42.1 Å². The van der Waals surface area contributed by atoms with Gasteiger partial charge in [0.15, 0.2) is 0 Å². The minimum atomic E-state index is -0.752. The Morgan fingerprint density at radius 1 is 1.24 bits per heavy atom. The molecule has 1 aliphatic carbocycles. The molecule has 3 rings (SSSR count). The second-order valence-electron chi connectivity index (χ2n) is 6.32. The van der Waals surface area contributed by atoms with Crippen LogP contribution in [-0.2, 0) is 20.9 Å². The first-order chi connectivity index (χ1) is 11.9. The summed E-state index contributed by atoms with van der Waals surface area (Å²) >= 11 is 11.8. The van der Waals surface area contributed by atoms with Gasteiger partial charge in [0, 0.05) is 22.2 Å². The molecule has 3 amide bonds. The highest BCUT2D eigenvalue weighted by Crippen LogP contribution is 2.35. The molecule has 1 aliphatic heterocycles. The van der Waals surface area contributed by atoms with E-state index >= 15 is 0 Å². The number of urea groups is 1. The predicted molar refractivity (Wildman–Crippen MR) is 92.3 cm³/mol. The number of halogens is 2. The maximum absolute atomic E-state index is 12.5.